The van der Waals surface area contributed by atoms with Crippen molar-refractivity contribution in [2.75, 3.05) is 13.2 Å². The van der Waals surface area contributed by atoms with E-state index in [1.165, 1.54) is 0 Å². The van der Waals surface area contributed by atoms with Crippen LogP contribution >= 0.6 is 0 Å². The van der Waals surface area contributed by atoms with Crippen LogP contribution in [-0.2, 0) is 14.2 Å². The molecule has 2 aliphatic rings. The van der Waals surface area contributed by atoms with E-state index in [2.05, 4.69) is 0 Å². The molecule has 0 N–H and O–H groups in total. The second-order valence-corrected chi connectivity index (χ2v) is 3.92. The predicted molar refractivity (Wildman–Crippen MR) is 48.4 cm³/mol. The molecule has 0 aromatic rings. The van der Waals surface area contributed by atoms with E-state index in [4.69, 9.17) is 23.8 Å². The summed E-state index contributed by atoms with van der Waals surface area (Å²) in [6.07, 6.45) is -7.85. The van der Waals surface area contributed by atoms with Crippen LogP contribution in [0.1, 0.15) is 36.7 Å². The second-order valence-electron chi connectivity index (χ2n) is 3.92. The monoisotopic (exact) mass is 193 g/mol. The summed E-state index contributed by atoms with van der Waals surface area (Å²) in [6, 6.07) is 0. The number of hydrogen-bond acceptors (Lipinski definition) is 3. The number of hydrogen-bond donors (Lipinski definition) is 0. The summed E-state index contributed by atoms with van der Waals surface area (Å²) in [4.78, 5) is 0. The molecule has 0 radical (unpaired) electrons. The number of rotatable bonds is 1. The highest BCUT2D eigenvalue weighted by atomic mass is 16.7. The lowest BCUT2D eigenvalue weighted by molar-refractivity contribution is -0.0929. The van der Waals surface area contributed by atoms with Crippen molar-refractivity contribution < 1.29 is 23.8 Å². The molecule has 0 spiro atoms. The van der Waals surface area contributed by atoms with Crippen molar-refractivity contribution in [2.45, 2.75) is 45.1 Å². The van der Waals surface area contributed by atoms with E-state index in [-0.39, 0.29) is 0 Å². The largest absolute Gasteiger partial charge is 0.370 e. The molecule has 2 aliphatic heterocycles. The molecule has 0 aliphatic carbocycles. The molecular formula is C10H18O3. The van der Waals surface area contributed by atoms with Gasteiger partial charge in [-0.2, -0.15) is 0 Å². The summed E-state index contributed by atoms with van der Waals surface area (Å²) in [6.45, 7) is 1.39. The molecule has 3 nitrogen and oxygen atoms in total. The molecule has 0 saturated carbocycles. The predicted octanol–water partition coefficient (Wildman–Crippen LogP) is 1.56. The fourth-order valence-corrected chi connectivity index (χ4v) is 1.16. The fraction of sp³-hybridized carbons (Fsp3) is 1.00. The van der Waals surface area contributed by atoms with E-state index in [0.29, 0.717) is 0 Å². The van der Waals surface area contributed by atoms with Crippen LogP contribution in [0.2, 0.25) is 0 Å². The lowest BCUT2D eigenvalue weighted by Gasteiger charge is -2.26. The number of ether oxygens (including phenoxy) is 3. The van der Waals surface area contributed by atoms with Gasteiger partial charge in [-0.1, -0.05) is 0 Å². The van der Waals surface area contributed by atoms with Crippen molar-refractivity contribution in [3.8, 4) is 0 Å². The summed E-state index contributed by atoms with van der Waals surface area (Å²) < 4.78 is 70.5. The maximum Gasteiger partial charge on any atom is 0.163 e. The summed E-state index contributed by atoms with van der Waals surface area (Å²) in [5.74, 6) is -2.69. The van der Waals surface area contributed by atoms with Crippen LogP contribution in [0.15, 0.2) is 0 Å². The van der Waals surface area contributed by atoms with E-state index in [1.807, 2.05) is 0 Å². The average molecular weight is 193 g/mol. The van der Waals surface area contributed by atoms with Gasteiger partial charge in [0.1, 0.15) is 0 Å². The second kappa shape index (κ2) is 3.23. The molecule has 0 amide bonds. The van der Waals surface area contributed by atoms with Gasteiger partial charge in [0.15, 0.2) is 6.27 Å². The Morgan fingerprint density at radius 3 is 2.92 bits per heavy atom. The van der Waals surface area contributed by atoms with Crippen molar-refractivity contribution >= 4 is 0 Å². The minimum absolute atomic E-state index is 0.549. The maximum atomic E-state index is 8.32. The molecule has 76 valence electrons. The van der Waals surface area contributed by atoms with Gasteiger partial charge in [-0.25, -0.2) is 0 Å². The van der Waals surface area contributed by atoms with Gasteiger partial charge >= 0.3 is 0 Å². The number of fused-ring (bicyclic) bond motifs is 1. The molecule has 2 heterocycles. The van der Waals surface area contributed by atoms with Crippen LogP contribution in [0.25, 0.3) is 0 Å². The highest BCUT2D eigenvalue weighted by molar-refractivity contribution is 4.85. The van der Waals surface area contributed by atoms with Gasteiger partial charge in [-0.05, 0) is 27.1 Å². The Morgan fingerprint density at radius 1 is 1.46 bits per heavy atom. The Bertz CT molecular complexity index is 437. The minimum atomic E-state index is -2.95. The van der Waals surface area contributed by atoms with Crippen LogP contribution in [0.5, 0.6) is 0 Å². The van der Waals surface area contributed by atoms with Crippen molar-refractivity contribution in [2.24, 2.45) is 5.89 Å². The highest BCUT2D eigenvalue weighted by Gasteiger charge is 2.43. The van der Waals surface area contributed by atoms with Gasteiger partial charge in [0.05, 0.1) is 30.3 Å². The summed E-state index contributed by atoms with van der Waals surface area (Å²) in [7, 11) is 0. The molecule has 0 aromatic heterocycles. The first-order chi connectivity index (χ1) is 8.62. The normalized spacial score (nSPS) is 72.1. The zero-order valence-electron chi connectivity index (χ0n) is 14.9. The van der Waals surface area contributed by atoms with Crippen LogP contribution in [0.4, 0.5) is 0 Å². The molecule has 0 bridgehead atoms. The minimum Gasteiger partial charge on any atom is -0.370 e. The van der Waals surface area contributed by atoms with E-state index < -0.39 is 43.4 Å². The van der Waals surface area contributed by atoms with E-state index in [1.54, 1.807) is 20.8 Å². The summed E-state index contributed by atoms with van der Waals surface area (Å²) in [5, 5.41) is 0. The molecule has 2 saturated heterocycles. The Balaban J connectivity index is 2.57. The van der Waals surface area contributed by atoms with Crippen molar-refractivity contribution in [1.29, 1.82) is 0 Å². The third-order valence-corrected chi connectivity index (χ3v) is 1.57. The van der Waals surface area contributed by atoms with Crippen LogP contribution in [0.3, 0.4) is 0 Å². The van der Waals surface area contributed by atoms with Gasteiger partial charge < -0.3 is 14.2 Å². The molecule has 0 unspecified atom stereocenters. The lowest BCUT2D eigenvalue weighted by Crippen LogP contribution is -2.32. The average Bonchev–Trinajstić information content (AvgIpc) is 2.43. The maximum absolute atomic E-state index is 8.32. The summed E-state index contributed by atoms with van der Waals surface area (Å²) >= 11 is 0. The Labute approximate surface area is 89.2 Å². The Hall–Kier alpha value is -0.120. The van der Waals surface area contributed by atoms with Crippen molar-refractivity contribution in [3.63, 3.8) is 0 Å². The first-order valence-electron chi connectivity index (χ1n) is 7.66. The van der Waals surface area contributed by atoms with Gasteiger partial charge in [-0.15, -0.1) is 0 Å². The molecule has 3 atom stereocenters. The van der Waals surface area contributed by atoms with Gasteiger partial charge in [0, 0.05) is 10.0 Å². The molecule has 13 heavy (non-hydrogen) atoms. The van der Waals surface area contributed by atoms with Crippen LogP contribution in [-0.4, -0.2) is 31.1 Å². The molecule has 2 fully saturated rings. The summed E-state index contributed by atoms with van der Waals surface area (Å²) in [5.41, 5.74) is -0.893. The lowest BCUT2D eigenvalue weighted by atomic mass is 10.0. The van der Waals surface area contributed by atoms with Gasteiger partial charge in [0.2, 0.25) is 0 Å². The molecule has 0 aromatic carbocycles. The van der Waals surface area contributed by atoms with E-state index >= 15 is 0 Å². The first kappa shape index (κ1) is 4.17. The van der Waals surface area contributed by atoms with E-state index in [0.717, 1.165) is 0 Å². The highest BCUT2D eigenvalue weighted by Crippen LogP contribution is 2.34. The SMILES string of the molecule is [2H]C1([2H])O[C@]2([2H])OC[C@]([2H])(OC(C)(C)C)[C@]2([2H])C1([2H])[2H]. The molecular weight excluding hydrogens is 168 g/mol. The topological polar surface area (TPSA) is 27.7 Å². The zero-order chi connectivity index (χ0) is 15.8. The smallest absolute Gasteiger partial charge is 0.163 e. The third-order valence-electron chi connectivity index (χ3n) is 1.57. The van der Waals surface area contributed by atoms with E-state index in [9.17, 15) is 0 Å². The standard InChI is InChI=1S/C10H18O3/c1-10(2,3)13-8-6-12-9-7(8)4-5-11-9/h7-9H,4-6H2,1-3H3/t7-,8-,9+/m0/s1/i4D2,5D2,7D,8D,9D. The third kappa shape index (κ3) is 2.03. The Morgan fingerprint density at radius 2 is 2.23 bits per heavy atom. The van der Waals surface area contributed by atoms with Crippen molar-refractivity contribution in [1.82, 2.24) is 0 Å². The fourth-order valence-electron chi connectivity index (χ4n) is 1.16. The van der Waals surface area contributed by atoms with Gasteiger partial charge in [-0.3, -0.25) is 0 Å². The quantitative estimate of drug-likeness (QED) is 0.632. The van der Waals surface area contributed by atoms with Gasteiger partial charge in [0.25, 0.3) is 0 Å². The van der Waals surface area contributed by atoms with Crippen LogP contribution < -0.4 is 0 Å². The van der Waals surface area contributed by atoms with Crippen LogP contribution in [0, 0.1) is 5.89 Å². The van der Waals surface area contributed by atoms with Crippen molar-refractivity contribution in [3.05, 3.63) is 0 Å². The zero-order valence-corrected chi connectivity index (χ0v) is 7.93. The Kier molecular flexibility index (Phi) is 1.03. The molecule has 2 rings (SSSR count). The molecule has 3 heteroatoms. The first-order valence-corrected chi connectivity index (χ1v) is 4.16.